The van der Waals surface area contributed by atoms with E-state index in [4.69, 9.17) is 0 Å². The van der Waals surface area contributed by atoms with Crippen LogP contribution in [0.1, 0.15) is 80.0 Å². The van der Waals surface area contributed by atoms with E-state index in [0.29, 0.717) is 0 Å². The molecule has 0 aromatic heterocycles. The highest BCUT2D eigenvalue weighted by Crippen LogP contribution is 2.53. The molecular weight excluding hydrogens is 492 g/mol. The molecule has 41 heavy (non-hydrogen) atoms. The summed E-state index contributed by atoms with van der Waals surface area (Å²) in [6.07, 6.45) is 2.45. The van der Waals surface area contributed by atoms with Gasteiger partial charge in [0.15, 0.2) is 0 Å². The average Bonchev–Trinajstić information content (AvgIpc) is 3.34. The molecule has 0 saturated heterocycles. The molecule has 0 atom stereocenters. The molecule has 7 rings (SSSR count). The Morgan fingerprint density at radius 1 is 0.488 bits per heavy atom. The van der Waals surface area contributed by atoms with E-state index in [1.54, 1.807) is 0 Å². The van der Waals surface area contributed by atoms with Crippen LogP contribution in [-0.2, 0) is 17.3 Å². The van der Waals surface area contributed by atoms with E-state index < -0.39 is 0 Å². The molecule has 0 aliphatic heterocycles. The fourth-order valence-corrected chi connectivity index (χ4v) is 7.51. The molecule has 0 nitrogen and oxygen atoms in total. The number of hydrogen-bond acceptors (Lipinski definition) is 0. The van der Waals surface area contributed by atoms with Gasteiger partial charge in [0.1, 0.15) is 0 Å². The second-order valence-corrected chi connectivity index (χ2v) is 13.0. The van der Waals surface area contributed by atoms with E-state index in [1.807, 2.05) is 0 Å². The summed E-state index contributed by atoms with van der Waals surface area (Å²) >= 11 is 0. The van der Waals surface area contributed by atoms with E-state index >= 15 is 0 Å². The van der Waals surface area contributed by atoms with Gasteiger partial charge < -0.3 is 0 Å². The zero-order valence-corrected chi connectivity index (χ0v) is 25.7. The van der Waals surface area contributed by atoms with Crippen LogP contribution < -0.4 is 0 Å². The number of rotatable bonds is 3. The third-order valence-electron chi connectivity index (χ3n) is 9.58. The van der Waals surface area contributed by atoms with E-state index in [2.05, 4.69) is 152 Å². The van der Waals surface area contributed by atoms with Gasteiger partial charge >= 0.3 is 0 Å². The Balaban J connectivity index is 0.000000289. The number of fused-ring (bicyclic) bond motifs is 6. The number of benzene rings is 5. The maximum Gasteiger partial charge on any atom is 0.0161 e. The first-order valence-corrected chi connectivity index (χ1v) is 15.2. The zero-order chi connectivity index (χ0) is 28.9. The minimum Gasteiger partial charge on any atom is -0.0651 e. The molecule has 0 N–H and O–H groups in total. The summed E-state index contributed by atoms with van der Waals surface area (Å²) in [7, 11) is 0. The average molecular weight is 535 g/mol. The molecule has 0 heterocycles. The molecule has 0 bridgehead atoms. The van der Waals surface area contributed by atoms with Crippen LogP contribution in [0.2, 0.25) is 0 Å². The summed E-state index contributed by atoms with van der Waals surface area (Å²) in [4.78, 5) is 0. The van der Waals surface area contributed by atoms with Gasteiger partial charge in [0.05, 0.1) is 0 Å². The maximum atomic E-state index is 2.46. The molecule has 206 valence electrons. The lowest BCUT2D eigenvalue weighted by Crippen LogP contribution is -2.17. The summed E-state index contributed by atoms with van der Waals surface area (Å²) in [5, 5.41) is 0. The molecule has 0 radical (unpaired) electrons. The van der Waals surface area contributed by atoms with E-state index in [9.17, 15) is 0 Å². The normalized spacial score (nSPS) is 14.8. The lowest BCUT2D eigenvalue weighted by molar-refractivity contribution is 0.656. The van der Waals surface area contributed by atoms with Crippen molar-refractivity contribution < 1.29 is 0 Å². The molecule has 0 amide bonds. The second-order valence-electron chi connectivity index (χ2n) is 13.0. The second kappa shape index (κ2) is 10.2. The Morgan fingerprint density at radius 3 is 1.71 bits per heavy atom. The van der Waals surface area contributed by atoms with Gasteiger partial charge in [0, 0.05) is 10.8 Å². The van der Waals surface area contributed by atoms with Crippen molar-refractivity contribution in [2.45, 2.75) is 72.1 Å². The van der Waals surface area contributed by atoms with Crippen LogP contribution in [0.4, 0.5) is 0 Å². The lowest BCUT2D eigenvalue weighted by atomic mass is 9.78. The van der Waals surface area contributed by atoms with Crippen molar-refractivity contribution in [1.82, 2.24) is 0 Å². The van der Waals surface area contributed by atoms with Gasteiger partial charge in [-0.25, -0.2) is 0 Å². The van der Waals surface area contributed by atoms with Crippen LogP contribution >= 0.6 is 0 Å². The summed E-state index contributed by atoms with van der Waals surface area (Å²) in [5.74, 6) is 0. The fraction of sp³-hybridized carbons (Fsp3) is 0.268. The highest BCUT2D eigenvalue weighted by atomic mass is 14.4. The van der Waals surface area contributed by atoms with Crippen molar-refractivity contribution in [3.8, 4) is 33.4 Å². The van der Waals surface area contributed by atoms with Crippen LogP contribution in [0, 0.1) is 13.8 Å². The third-order valence-corrected chi connectivity index (χ3v) is 9.58. The quantitative estimate of drug-likeness (QED) is 0.216. The molecule has 2 aliphatic carbocycles. The van der Waals surface area contributed by atoms with Crippen LogP contribution in [0.25, 0.3) is 33.4 Å². The molecule has 0 unspecified atom stereocenters. The first-order valence-electron chi connectivity index (χ1n) is 15.2. The molecule has 5 aromatic carbocycles. The monoisotopic (exact) mass is 534 g/mol. The minimum atomic E-state index is 0.0191. The Morgan fingerprint density at radius 2 is 1.05 bits per heavy atom. The summed E-state index contributed by atoms with van der Waals surface area (Å²) in [6.45, 7) is 16.3. The molecule has 5 aromatic rings. The van der Waals surface area contributed by atoms with Crippen LogP contribution in [0.15, 0.2) is 103 Å². The molecule has 0 fully saturated rings. The number of hydrogen-bond donors (Lipinski definition) is 0. The first-order chi connectivity index (χ1) is 19.7. The Kier molecular flexibility index (Phi) is 6.77. The smallest absolute Gasteiger partial charge is 0.0161 e. The third kappa shape index (κ3) is 4.36. The summed E-state index contributed by atoms with van der Waals surface area (Å²) in [6, 6.07) is 38.0. The summed E-state index contributed by atoms with van der Waals surface area (Å²) in [5.41, 5.74) is 18.4. The van der Waals surface area contributed by atoms with Crippen molar-refractivity contribution in [2.75, 3.05) is 0 Å². The standard InChI is InChI=1S/C32H30.C9H12/c1-19-17-29-26(23-12-8-9-13-27(23)31(29,3)4)18-25(19)21-15-16-24-22-11-7-10-14-28(22)32(5,6)30(24)20(21)2;1-2-6-9-7-4-3-5-8-9/h7-18H,1-6H3;3-5,7-8H,2,6H2,1H3. The van der Waals surface area contributed by atoms with Gasteiger partial charge in [-0.2, -0.15) is 0 Å². The van der Waals surface area contributed by atoms with E-state index in [1.165, 1.54) is 85.2 Å². The predicted octanol–water partition coefficient (Wildman–Crippen LogP) is 11.2. The highest BCUT2D eigenvalue weighted by molar-refractivity contribution is 5.89. The van der Waals surface area contributed by atoms with Crippen LogP contribution in [0.5, 0.6) is 0 Å². The molecule has 2 aliphatic rings. The van der Waals surface area contributed by atoms with Gasteiger partial charge in [-0.15, -0.1) is 0 Å². The van der Waals surface area contributed by atoms with Gasteiger partial charge in [-0.05, 0) is 98.7 Å². The molecule has 0 heteroatoms. The first kappa shape index (κ1) is 27.3. The molecule has 0 spiro atoms. The molecular formula is C41H42. The van der Waals surface area contributed by atoms with Crippen molar-refractivity contribution in [2.24, 2.45) is 0 Å². The van der Waals surface area contributed by atoms with Gasteiger partial charge in [-0.1, -0.05) is 138 Å². The topological polar surface area (TPSA) is 0 Å². The SMILES string of the molecule is CCCc1ccccc1.Cc1cc2c(cc1-c1ccc3c(c1C)C(C)(C)c1ccccc1-3)-c1ccccc1C2(C)C. The van der Waals surface area contributed by atoms with Gasteiger partial charge in [-0.3, -0.25) is 0 Å². The van der Waals surface area contributed by atoms with Crippen LogP contribution in [-0.4, -0.2) is 0 Å². The van der Waals surface area contributed by atoms with E-state index in [0.717, 1.165) is 0 Å². The van der Waals surface area contributed by atoms with Gasteiger partial charge in [0.25, 0.3) is 0 Å². The summed E-state index contributed by atoms with van der Waals surface area (Å²) < 4.78 is 0. The van der Waals surface area contributed by atoms with Crippen molar-refractivity contribution in [1.29, 1.82) is 0 Å². The Bertz CT molecular complexity index is 1750. The van der Waals surface area contributed by atoms with Gasteiger partial charge in [0.2, 0.25) is 0 Å². The lowest BCUT2D eigenvalue weighted by Gasteiger charge is -2.26. The van der Waals surface area contributed by atoms with Crippen molar-refractivity contribution in [3.63, 3.8) is 0 Å². The van der Waals surface area contributed by atoms with E-state index in [-0.39, 0.29) is 10.8 Å². The largest absolute Gasteiger partial charge is 0.0651 e. The number of aryl methyl sites for hydroxylation is 2. The zero-order valence-electron chi connectivity index (χ0n) is 25.7. The predicted molar refractivity (Wildman–Crippen MR) is 177 cm³/mol. The van der Waals surface area contributed by atoms with Crippen molar-refractivity contribution >= 4 is 0 Å². The highest BCUT2D eigenvalue weighted by Gasteiger charge is 2.38. The minimum absolute atomic E-state index is 0.0191. The molecule has 0 saturated carbocycles. The Labute approximate surface area is 247 Å². The Hall–Kier alpha value is -3.90. The van der Waals surface area contributed by atoms with Crippen LogP contribution in [0.3, 0.4) is 0 Å². The fourth-order valence-electron chi connectivity index (χ4n) is 7.51. The maximum absolute atomic E-state index is 2.46. The van der Waals surface area contributed by atoms with Crippen molar-refractivity contribution in [3.05, 3.63) is 142 Å².